The van der Waals surface area contributed by atoms with E-state index in [-0.39, 0.29) is 46.8 Å². The number of aryl methyl sites for hydroxylation is 1. The minimum Gasteiger partial charge on any atom is -0.476 e. The molecule has 0 unspecified atom stereocenters. The van der Waals surface area contributed by atoms with Crippen LogP contribution in [0.15, 0.2) is 29.1 Å². The van der Waals surface area contributed by atoms with Gasteiger partial charge in [0.15, 0.2) is 5.69 Å². The predicted molar refractivity (Wildman–Crippen MR) is 143 cm³/mol. The number of pyridine rings is 1. The van der Waals surface area contributed by atoms with Crippen LogP contribution in [0.3, 0.4) is 0 Å². The average Bonchev–Trinajstić information content (AvgIpc) is 3.38. The number of aromatic carboxylic acids is 1. The van der Waals surface area contributed by atoms with Gasteiger partial charge in [-0.25, -0.2) is 14.8 Å². The molecule has 1 saturated carbocycles. The molecule has 0 bridgehead atoms. The molecule has 11 nitrogen and oxygen atoms in total. The Morgan fingerprint density at radius 2 is 1.95 bits per heavy atom. The monoisotopic (exact) mass is 540 g/mol. The van der Waals surface area contributed by atoms with E-state index in [0.29, 0.717) is 35.6 Å². The van der Waals surface area contributed by atoms with Gasteiger partial charge in [0.05, 0.1) is 22.6 Å². The largest absolute Gasteiger partial charge is 0.476 e. The van der Waals surface area contributed by atoms with Crippen molar-refractivity contribution < 1.29 is 19.4 Å². The van der Waals surface area contributed by atoms with Gasteiger partial charge in [-0.05, 0) is 49.4 Å². The summed E-state index contributed by atoms with van der Waals surface area (Å²) in [4.78, 5) is 48.5. The molecule has 1 aliphatic heterocycles. The second-order valence-electron chi connectivity index (χ2n) is 9.96. The molecule has 2 aromatic heterocycles. The number of methoxy groups -OCH3 is 1. The minimum atomic E-state index is -1.20. The lowest BCUT2D eigenvalue weighted by molar-refractivity contribution is -0.124. The quantitative estimate of drug-likeness (QED) is 0.290. The number of anilines is 2. The number of rotatable bonds is 8. The predicted octanol–water partition coefficient (Wildman–Crippen LogP) is 2.56. The zero-order valence-corrected chi connectivity index (χ0v) is 22.2. The van der Waals surface area contributed by atoms with E-state index >= 15 is 0 Å². The highest BCUT2D eigenvalue weighted by Gasteiger charge is 2.59. The van der Waals surface area contributed by atoms with E-state index in [1.807, 2.05) is 26.0 Å². The van der Waals surface area contributed by atoms with E-state index in [2.05, 4.69) is 20.5 Å². The number of amides is 1. The average molecular weight is 541 g/mol. The lowest BCUT2D eigenvalue weighted by Gasteiger charge is -2.25. The standard InChI is InChI=1S/C26H29ClN6O5/c1-12-7-14(13(2)29-18-5-6-19(27)30-22(18)25(36)37)21-15(8-12)24(35)32(3)26(31-21)33-9-16-17(10-33)20(16)23(34)28-11-38-4/h5-8,13,16-17,20,29H,9-11H2,1-4H3,(H,28,34)(H,36,37)/t13-,16-,17-/m1/s1. The molecule has 3 heterocycles. The number of ether oxygens (including phenoxy) is 1. The van der Waals surface area contributed by atoms with Crippen LogP contribution in [0, 0.1) is 24.7 Å². The Morgan fingerprint density at radius 3 is 2.61 bits per heavy atom. The van der Waals surface area contributed by atoms with E-state index in [9.17, 15) is 19.5 Å². The van der Waals surface area contributed by atoms with Gasteiger partial charge in [-0.1, -0.05) is 17.7 Å². The highest BCUT2D eigenvalue weighted by Crippen LogP contribution is 2.52. The molecule has 0 radical (unpaired) electrons. The molecule has 0 spiro atoms. The van der Waals surface area contributed by atoms with Crippen LogP contribution in [-0.2, 0) is 16.6 Å². The summed E-state index contributed by atoms with van der Waals surface area (Å²) in [5.41, 5.74) is 2.13. The van der Waals surface area contributed by atoms with Crippen molar-refractivity contribution in [1.29, 1.82) is 0 Å². The molecule has 1 aliphatic carbocycles. The zero-order chi connectivity index (χ0) is 27.3. The Hall–Kier alpha value is -3.70. The molecular formula is C26H29ClN6O5. The van der Waals surface area contributed by atoms with Crippen LogP contribution in [0.2, 0.25) is 5.15 Å². The van der Waals surface area contributed by atoms with Crippen molar-refractivity contribution in [2.24, 2.45) is 24.8 Å². The number of halogens is 1. The van der Waals surface area contributed by atoms with Gasteiger partial charge in [-0.15, -0.1) is 0 Å². The number of nitrogens with zero attached hydrogens (tertiary/aromatic N) is 4. The fourth-order valence-electron chi connectivity index (χ4n) is 5.52. The van der Waals surface area contributed by atoms with Crippen molar-refractivity contribution in [2.45, 2.75) is 19.9 Å². The molecule has 2 fully saturated rings. The fourth-order valence-corrected chi connectivity index (χ4v) is 5.67. The topological polar surface area (TPSA) is 139 Å². The first-order valence-corrected chi connectivity index (χ1v) is 12.7. The summed E-state index contributed by atoms with van der Waals surface area (Å²) in [6, 6.07) is 6.45. The summed E-state index contributed by atoms with van der Waals surface area (Å²) >= 11 is 5.91. The highest BCUT2D eigenvalue weighted by molar-refractivity contribution is 6.29. The molecule has 3 N–H and O–H groups in total. The van der Waals surface area contributed by atoms with Gasteiger partial charge in [-0.3, -0.25) is 14.2 Å². The molecule has 5 rings (SSSR count). The Morgan fingerprint density at radius 1 is 1.24 bits per heavy atom. The first-order chi connectivity index (χ1) is 18.1. The molecule has 1 amide bonds. The van der Waals surface area contributed by atoms with Crippen molar-refractivity contribution in [3.8, 4) is 0 Å². The van der Waals surface area contributed by atoms with Crippen LogP contribution in [-0.4, -0.2) is 58.4 Å². The molecular weight excluding hydrogens is 512 g/mol. The van der Waals surface area contributed by atoms with E-state index in [4.69, 9.17) is 21.3 Å². The van der Waals surface area contributed by atoms with Crippen molar-refractivity contribution in [3.63, 3.8) is 0 Å². The fraction of sp³-hybridized carbons (Fsp3) is 0.423. The normalized spacial score (nSPS) is 20.8. The van der Waals surface area contributed by atoms with Crippen LogP contribution in [0.5, 0.6) is 0 Å². The number of aromatic nitrogens is 3. The van der Waals surface area contributed by atoms with Crippen molar-refractivity contribution in [1.82, 2.24) is 19.9 Å². The maximum atomic E-state index is 13.5. The van der Waals surface area contributed by atoms with E-state index in [0.717, 1.165) is 11.1 Å². The van der Waals surface area contributed by atoms with Gasteiger partial charge < -0.3 is 25.4 Å². The Balaban J connectivity index is 1.47. The number of carbonyl (C=O) groups is 2. The molecule has 12 heteroatoms. The van der Waals surface area contributed by atoms with E-state index < -0.39 is 12.0 Å². The summed E-state index contributed by atoms with van der Waals surface area (Å²) in [5.74, 6) is -0.279. The van der Waals surface area contributed by atoms with Crippen molar-refractivity contribution in [2.75, 3.05) is 37.1 Å². The molecule has 1 aromatic carbocycles. The zero-order valence-electron chi connectivity index (χ0n) is 21.5. The number of piperidine rings is 1. The third kappa shape index (κ3) is 4.56. The van der Waals surface area contributed by atoms with Crippen molar-refractivity contribution in [3.05, 3.63) is 56.6 Å². The summed E-state index contributed by atoms with van der Waals surface area (Å²) in [7, 11) is 3.24. The minimum absolute atomic E-state index is 0.00283. The molecule has 200 valence electrons. The summed E-state index contributed by atoms with van der Waals surface area (Å²) in [5, 5.41) is 16.1. The molecule has 38 heavy (non-hydrogen) atoms. The Labute approximate surface area is 223 Å². The lowest BCUT2D eigenvalue weighted by Crippen LogP contribution is -2.35. The van der Waals surface area contributed by atoms with E-state index in [1.165, 1.54) is 13.2 Å². The summed E-state index contributed by atoms with van der Waals surface area (Å²) in [6.07, 6.45) is 0. The van der Waals surface area contributed by atoms with Gasteiger partial charge in [0, 0.05) is 38.7 Å². The maximum absolute atomic E-state index is 13.5. The first-order valence-electron chi connectivity index (χ1n) is 12.3. The second-order valence-corrected chi connectivity index (χ2v) is 10.3. The molecule has 2 aliphatic rings. The van der Waals surface area contributed by atoms with Crippen LogP contribution in [0.4, 0.5) is 11.6 Å². The highest BCUT2D eigenvalue weighted by atomic mass is 35.5. The number of hydrogen-bond acceptors (Lipinski definition) is 8. The van der Waals surface area contributed by atoms with Gasteiger partial charge in [0.25, 0.3) is 5.56 Å². The number of carboxylic acid groups (broad SMARTS) is 1. The Bertz CT molecular complexity index is 1500. The first kappa shape index (κ1) is 25.9. The van der Waals surface area contributed by atoms with Gasteiger partial charge in [-0.2, -0.15) is 0 Å². The van der Waals surface area contributed by atoms with Gasteiger partial charge in [0.2, 0.25) is 11.9 Å². The number of carboxylic acids is 1. The SMILES string of the molecule is COCNC(=O)C1[C@@H]2CN(c3nc4c([C@@H](C)Nc5ccc(Cl)nc5C(=O)O)cc(C)cc4c(=O)n3C)C[C@@H]12. The third-order valence-electron chi connectivity index (χ3n) is 7.40. The number of fused-ring (bicyclic) bond motifs is 2. The number of hydrogen-bond donors (Lipinski definition) is 3. The second kappa shape index (κ2) is 9.88. The number of benzene rings is 1. The molecule has 3 atom stereocenters. The third-order valence-corrected chi connectivity index (χ3v) is 7.61. The smallest absolute Gasteiger partial charge is 0.356 e. The van der Waals surface area contributed by atoms with Gasteiger partial charge >= 0.3 is 5.97 Å². The van der Waals surface area contributed by atoms with E-state index in [1.54, 1.807) is 17.7 Å². The van der Waals surface area contributed by atoms with Crippen LogP contribution in [0.1, 0.15) is 34.6 Å². The number of nitrogens with one attached hydrogen (secondary N) is 2. The lowest BCUT2D eigenvalue weighted by atomic mass is 10.0. The van der Waals surface area contributed by atoms with Crippen molar-refractivity contribution >= 4 is 46.0 Å². The number of carbonyl (C=O) groups excluding carboxylic acids is 1. The molecule has 1 saturated heterocycles. The van der Waals surface area contributed by atoms with Crippen LogP contribution >= 0.6 is 11.6 Å². The van der Waals surface area contributed by atoms with Gasteiger partial charge in [0.1, 0.15) is 11.9 Å². The van der Waals surface area contributed by atoms with Crippen LogP contribution < -0.4 is 21.1 Å². The summed E-state index contributed by atoms with van der Waals surface area (Å²) in [6.45, 7) is 5.23. The summed E-state index contributed by atoms with van der Waals surface area (Å²) < 4.78 is 6.49. The molecule has 3 aromatic rings. The maximum Gasteiger partial charge on any atom is 0.356 e. The Kier molecular flexibility index (Phi) is 6.74. The van der Waals surface area contributed by atoms with Crippen LogP contribution in [0.25, 0.3) is 10.9 Å².